The Balaban J connectivity index is 1.50. The van der Waals surface area contributed by atoms with Crippen LogP contribution in [0, 0.1) is 17.5 Å². The fourth-order valence-corrected chi connectivity index (χ4v) is 4.49. The highest BCUT2D eigenvalue weighted by molar-refractivity contribution is 5.85. The van der Waals surface area contributed by atoms with Gasteiger partial charge in [-0.05, 0) is 18.6 Å². The third kappa shape index (κ3) is 6.60. The Bertz CT molecular complexity index is 1210. The number of benzene rings is 2. The van der Waals surface area contributed by atoms with Gasteiger partial charge in [-0.1, -0.05) is 30.3 Å². The summed E-state index contributed by atoms with van der Waals surface area (Å²) < 4.78 is 55.6. The Hall–Kier alpha value is -3.25. The van der Waals surface area contributed by atoms with Gasteiger partial charge in [0, 0.05) is 49.5 Å². The number of aryl methyl sites for hydroxylation is 1. The molecule has 1 amide bonds. The molecule has 3 N–H and O–H groups in total. The average Bonchev–Trinajstić information content (AvgIpc) is 3.43. The van der Waals surface area contributed by atoms with Crippen LogP contribution in [-0.4, -0.2) is 56.1 Å². The molecule has 0 aliphatic heterocycles. The van der Waals surface area contributed by atoms with Crippen LogP contribution in [-0.2, 0) is 34.0 Å². The van der Waals surface area contributed by atoms with Crippen LogP contribution in [0.25, 0.3) is 0 Å². The van der Waals surface area contributed by atoms with E-state index >= 15 is 0 Å². The number of hydrogen-bond donors (Lipinski definition) is 3. The lowest BCUT2D eigenvalue weighted by atomic mass is 9.78. The van der Waals surface area contributed by atoms with E-state index in [0.29, 0.717) is 13.0 Å². The van der Waals surface area contributed by atoms with Crippen LogP contribution in [0.2, 0.25) is 0 Å². The SMILES string of the molecule is O=C(NCCCn1ccnc1)[C@@]1(OCc2ccccc2F)CC(OCc2cccc(F)c2F)[C@H](O)[C@H](O)C1. The van der Waals surface area contributed by atoms with Crippen molar-refractivity contribution in [3.63, 3.8) is 0 Å². The van der Waals surface area contributed by atoms with E-state index in [4.69, 9.17) is 9.47 Å². The molecule has 4 atom stereocenters. The molecule has 1 aromatic heterocycles. The second kappa shape index (κ2) is 12.5. The number of amides is 1. The minimum Gasteiger partial charge on any atom is -0.390 e. The number of rotatable bonds is 11. The molecule has 2 aromatic carbocycles. The van der Waals surface area contributed by atoms with E-state index in [1.165, 1.54) is 30.3 Å². The Labute approximate surface area is 218 Å². The summed E-state index contributed by atoms with van der Waals surface area (Å²) in [5, 5.41) is 24.1. The van der Waals surface area contributed by atoms with Gasteiger partial charge in [0.05, 0.1) is 31.7 Å². The largest absolute Gasteiger partial charge is 0.390 e. The van der Waals surface area contributed by atoms with Gasteiger partial charge in [0.15, 0.2) is 17.2 Å². The highest BCUT2D eigenvalue weighted by Gasteiger charge is 2.51. The van der Waals surface area contributed by atoms with Crippen LogP contribution in [0.3, 0.4) is 0 Å². The number of nitrogens with zero attached hydrogens (tertiary/aromatic N) is 2. The van der Waals surface area contributed by atoms with Gasteiger partial charge < -0.3 is 29.6 Å². The molecular weight excluding hydrogens is 503 g/mol. The molecule has 8 nitrogen and oxygen atoms in total. The van der Waals surface area contributed by atoms with E-state index in [0.717, 1.165) is 6.07 Å². The number of ether oxygens (including phenoxy) is 2. The summed E-state index contributed by atoms with van der Waals surface area (Å²) in [6.07, 6.45) is 1.21. The van der Waals surface area contributed by atoms with Crippen LogP contribution in [0.5, 0.6) is 0 Å². The summed E-state index contributed by atoms with van der Waals surface area (Å²) in [7, 11) is 0. The zero-order chi connectivity index (χ0) is 27.1. The highest BCUT2D eigenvalue weighted by atomic mass is 19.2. The van der Waals surface area contributed by atoms with Crippen molar-refractivity contribution in [3.05, 3.63) is 89.8 Å². The van der Waals surface area contributed by atoms with Gasteiger partial charge >= 0.3 is 0 Å². The van der Waals surface area contributed by atoms with Gasteiger partial charge in [-0.2, -0.15) is 0 Å². The minimum absolute atomic E-state index is 0.0842. The normalized spacial score (nSPS) is 23.3. The second-order valence-electron chi connectivity index (χ2n) is 9.31. The van der Waals surface area contributed by atoms with E-state index in [9.17, 15) is 28.2 Å². The van der Waals surface area contributed by atoms with Gasteiger partial charge in [-0.25, -0.2) is 18.2 Å². The van der Waals surface area contributed by atoms with Crippen molar-refractivity contribution in [1.29, 1.82) is 0 Å². The summed E-state index contributed by atoms with van der Waals surface area (Å²) in [5.41, 5.74) is -1.56. The quantitative estimate of drug-likeness (QED) is 0.328. The van der Waals surface area contributed by atoms with Gasteiger partial charge in [0.2, 0.25) is 0 Å². The first-order chi connectivity index (χ1) is 18.3. The Morgan fingerprint density at radius 1 is 1.05 bits per heavy atom. The molecule has 0 bridgehead atoms. The van der Waals surface area contributed by atoms with E-state index in [-0.39, 0.29) is 37.1 Å². The van der Waals surface area contributed by atoms with E-state index in [2.05, 4.69) is 10.3 Å². The highest BCUT2D eigenvalue weighted by Crippen LogP contribution is 2.36. The molecule has 204 valence electrons. The van der Waals surface area contributed by atoms with E-state index in [1.807, 2.05) is 4.57 Å². The number of nitrogens with one attached hydrogen (secondary N) is 1. The number of aliphatic hydroxyl groups excluding tert-OH is 2. The predicted octanol–water partition coefficient (Wildman–Crippen LogP) is 2.86. The lowest BCUT2D eigenvalue weighted by Gasteiger charge is -2.44. The van der Waals surface area contributed by atoms with Crippen molar-refractivity contribution >= 4 is 5.91 Å². The Morgan fingerprint density at radius 2 is 1.82 bits per heavy atom. The van der Waals surface area contributed by atoms with Crippen molar-refractivity contribution in [2.24, 2.45) is 0 Å². The number of hydrogen-bond acceptors (Lipinski definition) is 6. The molecule has 0 saturated heterocycles. The summed E-state index contributed by atoms with van der Waals surface area (Å²) in [6.45, 7) is 0.202. The van der Waals surface area contributed by atoms with Gasteiger partial charge in [-0.3, -0.25) is 4.79 Å². The maximum atomic E-state index is 14.3. The molecule has 1 unspecified atom stereocenters. The minimum atomic E-state index is -1.68. The first-order valence-corrected chi connectivity index (χ1v) is 12.3. The molecule has 1 saturated carbocycles. The molecule has 38 heavy (non-hydrogen) atoms. The van der Waals surface area contributed by atoms with Crippen molar-refractivity contribution in [3.8, 4) is 0 Å². The number of carbonyl (C=O) groups excluding carboxylic acids is 1. The molecule has 1 aliphatic rings. The summed E-state index contributed by atoms with van der Waals surface area (Å²) >= 11 is 0. The van der Waals surface area contributed by atoms with Crippen LogP contribution >= 0.6 is 0 Å². The zero-order valence-corrected chi connectivity index (χ0v) is 20.6. The first-order valence-electron chi connectivity index (χ1n) is 12.3. The maximum Gasteiger partial charge on any atom is 0.252 e. The molecule has 11 heteroatoms. The fourth-order valence-electron chi connectivity index (χ4n) is 4.49. The molecule has 3 aromatic rings. The lowest BCUT2D eigenvalue weighted by molar-refractivity contribution is -0.200. The third-order valence-electron chi connectivity index (χ3n) is 6.64. The summed E-state index contributed by atoms with van der Waals surface area (Å²) in [6, 6.07) is 9.56. The number of halogens is 3. The second-order valence-corrected chi connectivity index (χ2v) is 9.31. The molecule has 1 heterocycles. The van der Waals surface area contributed by atoms with Crippen LogP contribution < -0.4 is 5.32 Å². The zero-order valence-electron chi connectivity index (χ0n) is 20.6. The number of aromatic nitrogens is 2. The number of imidazole rings is 1. The van der Waals surface area contributed by atoms with E-state index < -0.39 is 53.9 Å². The fraction of sp³-hybridized carbons (Fsp3) is 0.407. The van der Waals surface area contributed by atoms with Crippen LogP contribution in [0.1, 0.15) is 30.4 Å². The van der Waals surface area contributed by atoms with E-state index in [1.54, 1.807) is 24.8 Å². The number of aliphatic hydroxyl groups is 2. The molecule has 1 aliphatic carbocycles. The summed E-state index contributed by atoms with van der Waals surface area (Å²) in [4.78, 5) is 17.4. The summed E-state index contributed by atoms with van der Waals surface area (Å²) in [5.74, 6) is -3.21. The smallest absolute Gasteiger partial charge is 0.252 e. The van der Waals surface area contributed by atoms with Gasteiger partial charge in [0.25, 0.3) is 5.91 Å². The number of carbonyl (C=O) groups is 1. The van der Waals surface area contributed by atoms with Crippen LogP contribution in [0.15, 0.2) is 61.2 Å². The Kier molecular flexibility index (Phi) is 9.16. The molecule has 1 fully saturated rings. The molecule has 0 spiro atoms. The van der Waals surface area contributed by atoms with Gasteiger partial charge in [0.1, 0.15) is 11.9 Å². The maximum absolute atomic E-state index is 14.3. The lowest BCUT2D eigenvalue weighted by Crippen LogP contribution is -2.60. The molecular formula is C27H30F3N3O5. The molecule has 4 rings (SSSR count). The van der Waals surface area contributed by atoms with Crippen molar-refractivity contribution < 1.29 is 37.7 Å². The average molecular weight is 534 g/mol. The van der Waals surface area contributed by atoms with Crippen molar-refractivity contribution in [1.82, 2.24) is 14.9 Å². The van der Waals surface area contributed by atoms with Gasteiger partial charge in [-0.15, -0.1) is 0 Å². The van der Waals surface area contributed by atoms with Crippen molar-refractivity contribution in [2.75, 3.05) is 6.54 Å². The predicted molar refractivity (Wildman–Crippen MR) is 130 cm³/mol. The Morgan fingerprint density at radius 3 is 2.58 bits per heavy atom. The third-order valence-corrected chi connectivity index (χ3v) is 6.64. The monoisotopic (exact) mass is 533 g/mol. The topological polar surface area (TPSA) is 106 Å². The molecule has 0 radical (unpaired) electrons. The van der Waals surface area contributed by atoms with Crippen LogP contribution in [0.4, 0.5) is 13.2 Å². The van der Waals surface area contributed by atoms with Crippen molar-refractivity contribution in [2.45, 2.75) is 62.9 Å². The first kappa shape index (κ1) is 27.8. The standard InChI is InChI=1S/C27H30F3N3O5/c28-20-7-2-1-5-18(20)16-38-27(26(36)32-9-4-11-33-12-10-31-17-33)13-22(34)25(35)23(14-27)37-15-19-6-3-8-21(29)24(19)30/h1-3,5-8,10,12,17,22-23,25,34-35H,4,9,11,13-16H2,(H,32,36)/t22-,23?,25-,27+/m1/s1.